The van der Waals surface area contributed by atoms with Gasteiger partial charge in [0.1, 0.15) is 0 Å². The molecule has 0 N–H and O–H groups in total. The zero-order valence-corrected chi connectivity index (χ0v) is 30.8. The molecular formula is C54H36N2. The van der Waals surface area contributed by atoms with Crippen LogP contribution >= 0.6 is 0 Å². The van der Waals surface area contributed by atoms with E-state index in [9.17, 15) is 0 Å². The van der Waals surface area contributed by atoms with Gasteiger partial charge in [-0.3, -0.25) is 0 Å². The third-order valence-electron chi connectivity index (χ3n) is 13.1. The Morgan fingerprint density at radius 1 is 0.446 bits per heavy atom. The number of fused-ring (bicyclic) bond motifs is 14. The van der Waals surface area contributed by atoms with Gasteiger partial charge in [-0.05, 0) is 116 Å². The normalized spacial score (nSPS) is 16.9. The van der Waals surface area contributed by atoms with Gasteiger partial charge >= 0.3 is 0 Å². The Kier molecular flexibility index (Phi) is 6.15. The smallest absolute Gasteiger partial charge is 0.0544 e. The molecule has 4 aliphatic rings. The lowest BCUT2D eigenvalue weighted by atomic mass is 9.70. The predicted octanol–water partition coefficient (Wildman–Crippen LogP) is 13.9. The van der Waals surface area contributed by atoms with Crippen LogP contribution < -0.4 is 0 Å². The van der Waals surface area contributed by atoms with Crippen LogP contribution in [0.5, 0.6) is 0 Å². The van der Waals surface area contributed by atoms with Crippen LogP contribution in [0, 0.1) is 0 Å². The SMILES string of the molecule is C1=Cc2c(c3c(n2-c2ccc4c5c(cccc25)-c2ccccc2-4)C=CC2c4c(ccc5c4c4ccccc4n5-c4ccc(-c5ccccc5)cc4)C=CC32)CC1. The maximum Gasteiger partial charge on any atom is 0.0544 e. The summed E-state index contributed by atoms with van der Waals surface area (Å²) in [6.45, 7) is 0. The van der Waals surface area contributed by atoms with Gasteiger partial charge in [-0.1, -0.05) is 140 Å². The largest absolute Gasteiger partial charge is 0.309 e. The first-order valence-corrected chi connectivity index (χ1v) is 20.0. The number of aromatic nitrogens is 2. The molecule has 0 fully saturated rings. The van der Waals surface area contributed by atoms with E-state index in [1.165, 1.54) is 111 Å². The van der Waals surface area contributed by atoms with Gasteiger partial charge in [-0.25, -0.2) is 0 Å². The molecule has 2 atom stereocenters. The van der Waals surface area contributed by atoms with Crippen LogP contribution in [0.3, 0.4) is 0 Å². The van der Waals surface area contributed by atoms with E-state index < -0.39 is 0 Å². The molecule has 0 saturated heterocycles. The van der Waals surface area contributed by atoms with Crippen LogP contribution in [0.2, 0.25) is 0 Å². The fraction of sp³-hybridized carbons (Fsp3) is 0.0741. The highest BCUT2D eigenvalue weighted by Crippen LogP contribution is 2.54. The fourth-order valence-corrected chi connectivity index (χ4v) is 10.8. The van der Waals surface area contributed by atoms with Crippen LogP contribution in [0.4, 0.5) is 0 Å². The molecule has 0 saturated carbocycles. The van der Waals surface area contributed by atoms with E-state index in [4.69, 9.17) is 0 Å². The minimum absolute atomic E-state index is 0.235. The molecule has 2 nitrogen and oxygen atoms in total. The Labute approximate surface area is 325 Å². The highest BCUT2D eigenvalue weighted by molar-refractivity contribution is 6.17. The van der Waals surface area contributed by atoms with Gasteiger partial charge < -0.3 is 9.13 Å². The van der Waals surface area contributed by atoms with Gasteiger partial charge in [0.05, 0.1) is 22.4 Å². The molecule has 2 heterocycles. The van der Waals surface area contributed by atoms with E-state index in [2.05, 4.69) is 191 Å². The minimum atomic E-state index is 0.235. The van der Waals surface area contributed by atoms with Crippen molar-refractivity contribution in [1.29, 1.82) is 0 Å². The molecule has 4 aliphatic carbocycles. The maximum absolute atomic E-state index is 2.59. The topological polar surface area (TPSA) is 9.86 Å². The van der Waals surface area contributed by atoms with Crippen molar-refractivity contribution in [2.75, 3.05) is 0 Å². The van der Waals surface area contributed by atoms with Gasteiger partial charge in [-0.15, -0.1) is 0 Å². The average Bonchev–Trinajstić information content (AvgIpc) is 3.91. The van der Waals surface area contributed by atoms with E-state index in [1.807, 2.05) is 0 Å². The number of hydrogen-bond acceptors (Lipinski definition) is 0. The Morgan fingerprint density at radius 2 is 1.16 bits per heavy atom. The van der Waals surface area contributed by atoms with Crippen LogP contribution in [-0.2, 0) is 6.42 Å². The van der Waals surface area contributed by atoms with E-state index in [-0.39, 0.29) is 11.8 Å². The zero-order valence-electron chi connectivity index (χ0n) is 30.8. The van der Waals surface area contributed by atoms with E-state index in [0.29, 0.717) is 0 Å². The van der Waals surface area contributed by atoms with Crippen LogP contribution in [0.15, 0.2) is 164 Å². The number of benzene rings is 7. The van der Waals surface area contributed by atoms with Crippen molar-refractivity contribution in [2.24, 2.45) is 0 Å². The first-order chi connectivity index (χ1) is 27.8. The highest BCUT2D eigenvalue weighted by Gasteiger charge is 2.38. The van der Waals surface area contributed by atoms with Gasteiger partial charge in [0.15, 0.2) is 0 Å². The molecule has 0 amide bonds. The number of nitrogens with zero attached hydrogens (tertiary/aromatic N) is 2. The van der Waals surface area contributed by atoms with Crippen molar-refractivity contribution in [3.63, 3.8) is 0 Å². The molecule has 0 spiro atoms. The van der Waals surface area contributed by atoms with Crippen molar-refractivity contribution in [3.05, 3.63) is 197 Å². The van der Waals surface area contributed by atoms with Crippen LogP contribution in [0.25, 0.3) is 95.6 Å². The number of rotatable bonds is 3. The summed E-state index contributed by atoms with van der Waals surface area (Å²) in [5.41, 5.74) is 21.3. The maximum atomic E-state index is 2.59. The van der Waals surface area contributed by atoms with E-state index in [1.54, 1.807) is 0 Å². The van der Waals surface area contributed by atoms with Crippen molar-refractivity contribution in [2.45, 2.75) is 24.7 Å². The van der Waals surface area contributed by atoms with E-state index in [0.717, 1.165) is 12.8 Å². The summed E-state index contributed by atoms with van der Waals surface area (Å²) in [6, 6.07) is 54.0. The molecule has 0 radical (unpaired) electrons. The molecular weight excluding hydrogens is 677 g/mol. The first kappa shape index (κ1) is 30.4. The number of para-hydroxylation sites is 1. The standard InChI is InChI=1S/C54H36N2/c1-2-11-33(12-3-1)34-21-25-36(26-22-34)55-46-19-8-7-16-45(46)54-50(55)30-24-35-23-27-42-41(51(35)54)29-32-49-53(42)44-15-6-9-20-47(44)56(49)48-31-28-40-38-14-5-4-13-37(38)39-17-10-18-43(48)52(39)40/h1-5,7-14,16-32,41-42H,6,15H2. The summed E-state index contributed by atoms with van der Waals surface area (Å²) in [5.74, 6) is 0.488. The lowest BCUT2D eigenvalue weighted by Crippen LogP contribution is -2.17. The number of allylic oxidation sites excluding steroid dienone is 3. The predicted molar refractivity (Wildman–Crippen MR) is 235 cm³/mol. The van der Waals surface area contributed by atoms with Crippen molar-refractivity contribution < 1.29 is 0 Å². The fourth-order valence-electron chi connectivity index (χ4n) is 10.8. The molecule has 9 aromatic rings. The van der Waals surface area contributed by atoms with Crippen molar-refractivity contribution in [1.82, 2.24) is 9.13 Å². The van der Waals surface area contributed by atoms with Gasteiger partial charge in [0.25, 0.3) is 0 Å². The average molecular weight is 713 g/mol. The highest BCUT2D eigenvalue weighted by atomic mass is 15.0. The summed E-state index contributed by atoms with van der Waals surface area (Å²) in [5, 5.41) is 5.39. The lowest BCUT2D eigenvalue weighted by molar-refractivity contribution is 0.717. The molecule has 2 heteroatoms. The van der Waals surface area contributed by atoms with Crippen LogP contribution in [-0.4, -0.2) is 9.13 Å². The molecule has 13 rings (SSSR count). The Balaban J connectivity index is 0.998. The second kappa shape index (κ2) is 11.3. The van der Waals surface area contributed by atoms with Crippen molar-refractivity contribution in [3.8, 4) is 44.8 Å². The Hall–Kier alpha value is -6.90. The second-order valence-corrected chi connectivity index (χ2v) is 15.8. The summed E-state index contributed by atoms with van der Waals surface area (Å²) in [4.78, 5) is 0. The monoisotopic (exact) mass is 712 g/mol. The number of hydrogen-bond donors (Lipinski definition) is 0. The Morgan fingerprint density at radius 3 is 2.04 bits per heavy atom. The quantitative estimate of drug-likeness (QED) is 0.173. The van der Waals surface area contributed by atoms with Crippen LogP contribution in [0.1, 0.15) is 51.9 Å². The third-order valence-corrected chi connectivity index (χ3v) is 13.1. The molecule has 0 bridgehead atoms. The van der Waals surface area contributed by atoms with Gasteiger partial charge in [0.2, 0.25) is 0 Å². The van der Waals surface area contributed by atoms with E-state index >= 15 is 0 Å². The molecule has 0 aliphatic heterocycles. The molecule has 56 heavy (non-hydrogen) atoms. The lowest BCUT2D eigenvalue weighted by Gasteiger charge is -2.33. The summed E-state index contributed by atoms with van der Waals surface area (Å²) in [6.07, 6.45) is 16.8. The minimum Gasteiger partial charge on any atom is -0.309 e. The molecule has 2 aromatic heterocycles. The third kappa shape index (κ3) is 4.00. The summed E-state index contributed by atoms with van der Waals surface area (Å²) < 4.78 is 5.07. The zero-order chi connectivity index (χ0) is 36.5. The molecule has 7 aromatic carbocycles. The summed E-state index contributed by atoms with van der Waals surface area (Å²) >= 11 is 0. The van der Waals surface area contributed by atoms with Crippen molar-refractivity contribution >= 4 is 50.8 Å². The van der Waals surface area contributed by atoms with Gasteiger partial charge in [0, 0.05) is 39.4 Å². The Bertz CT molecular complexity index is 3210. The second-order valence-electron chi connectivity index (χ2n) is 15.8. The summed E-state index contributed by atoms with van der Waals surface area (Å²) in [7, 11) is 0. The first-order valence-electron chi connectivity index (χ1n) is 20.0. The van der Waals surface area contributed by atoms with Gasteiger partial charge in [-0.2, -0.15) is 0 Å². The molecule has 2 unspecified atom stereocenters. The molecule has 262 valence electrons.